The molecule has 0 aliphatic heterocycles. The molecule has 0 bridgehead atoms. The molecule has 0 aliphatic rings. The second kappa shape index (κ2) is 5.36. The van der Waals surface area contributed by atoms with Gasteiger partial charge in [0.2, 0.25) is 0 Å². The highest BCUT2D eigenvalue weighted by molar-refractivity contribution is 5.14. The SMILES string of the molecule is CCC(C#N)N[C@H](C)c1ccncc1. The molecule has 1 N–H and O–H groups in total. The zero-order valence-corrected chi connectivity index (χ0v) is 8.57. The molecule has 1 heterocycles. The molecule has 1 aromatic heterocycles. The van der Waals surface area contributed by atoms with Crippen molar-refractivity contribution in [3.8, 4) is 6.07 Å². The summed E-state index contributed by atoms with van der Waals surface area (Å²) in [4.78, 5) is 3.95. The minimum atomic E-state index is -0.0711. The molecule has 0 saturated carbocycles. The predicted octanol–water partition coefficient (Wildman–Crippen LogP) is 2.03. The van der Waals surface area contributed by atoms with Crippen LogP contribution in [-0.2, 0) is 0 Å². The van der Waals surface area contributed by atoms with Crippen LogP contribution in [0.2, 0.25) is 0 Å². The first-order chi connectivity index (χ1) is 6.77. The van der Waals surface area contributed by atoms with Crippen molar-refractivity contribution in [3.05, 3.63) is 30.1 Å². The van der Waals surface area contributed by atoms with E-state index in [0.29, 0.717) is 0 Å². The summed E-state index contributed by atoms with van der Waals surface area (Å²) in [7, 11) is 0. The van der Waals surface area contributed by atoms with Gasteiger partial charge in [0.25, 0.3) is 0 Å². The molecule has 0 spiro atoms. The van der Waals surface area contributed by atoms with Crippen LogP contribution in [0.5, 0.6) is 0 Å². The summed E-state index contributed by atoms with van der Waals surface area (Å²) >= 11 is 0. The Morgan fingerprint density at radius 1 is 1.50 bits per heavy atom. The second-order valence-electron chi connectivity index (χ2n) is 3.26. The van der Waals surface area contributed by atoms with Crippen LogP contribution in [0.1, 0.15) is 31.9 Å². The van der Waals surface area contributed by atoms with Gasteiger partial charge in [0.15, 0.2) is 0 Å². The van der Waals surface area contributed by atoms with E-state index in [4.69, 9.17) is 5.26 Å². The molecule has 0 saturated heterocycles. The lowest BCUT2D eigenvalue weighted by Crippen LogP contribution is -2.29. The summed E-state index contributed by atoms with van der Waals surface area (Å²) in [5, 5.41) is 12.0. The third-order valence-corrected chi connectivity index (χ3v) is 2.22. The van der Waals surface area contributed by atoms with E-state index in [9.17, 15) is 0 Å². The molecule has 3 nitrogen and oxygen atoms in total. The van der Waals surface area contributed by atoms with Crippen molar-refractivity contribution >= 4 is 0 Å². The number of nitrogens with one attached hydrogen (secondary N) is 1. The van der Waals surface area contributed by atoms with E-state index in [1.54, 1.807) is 12.4 Å². The minimum Gasteiger partial charge on any atom is -0.295 e. The molecule has 14 heavy (non-hydrogen) atoms. The number of hydrogen-bond acceptors (Lipinski definition) is 3. The number of rotatable bonds is 4. The van der Waals surface area contributed by atoms with Gasteiger partial charge in [0, 0.05) is 18.4 Å². The Morgan fingerprint density at radius 3 is 2.64 bits per heavy atom. The summed E-state index contributed by atoms with van der Waals surface area (Å²) in [5.74, 6) is 0. The first-order valence-corrected chi connectivity index (χ1v) is 4.83. The van der Waals surface area contributed by atoms with Crippen molar-refractivity contribution in [2.24, 2.45) is 0 Å². The monoisotopic (exact) mass is 189 g/mol. The van der Waals surface area contributed by atoms with Crippen molar-refractivity contribution in [1.82, 2.24) is 10.3 Å². The number of nitrogens with zero attached hydrogens (tertiary/aromatic N) is 2. The van der Waals surface area contributed by atoms with Gasteiger partial charge in [-0.15, -0.1) is 0 Å². The van der Waals surface area contributed by atoms with Crippen LogP contribution in [0.25, 0.3) is 0 Å². The van der Waals surface area contributed by atoms with E-state index >= 15 is 0 Å². The first-order valence-electron chi connectivity index (χ1n) is 4.83. The molecular weight excluding hydrogens is 174 g/mol. The topological polar surface area (TPSA) is 48.7 Å². The number of hydrogen-bond donors (Lipinski definition) is 1. The fourth-order valence-electron chi connectivity index (χ4n) is 1.30. The third kappa shape index (κ3) is 2.82. The van der Waals surface area contributed by atoms with Gasteiger partial charge >= 0.3 is 0 Å². The van der Waals surface area contributed by atoms with E-state index in [2.05, 4.69) is 23.3 Å². The normalized spacial score (nSPS) is 14.4. The highest BCUT2D eigenvalue weighted by Gasteiger charge is 2.09. The molecule has 2 atom stereocenters. The Labute approximate surface area is 84.8 Å². The summed E-state index contributed by atoms with van der Waals surface area (Å²) in [6.45, 7) is 4.05. The van der Waals surface area contributed by atoms with Crippen LogP contribution in [0.4, 0.5) is 0 Å². The average Bonchev–Trinajstić information content (AvgIpc) is 2.26. The molecule has 1 unspecified atom stereocenters. The summed E-state index contributed by atoms with van der Waals surface area (Å²) < 4.78 is 0. The molecule has 3 heteroatoms. The van der Waals surface area contributed by atoms with Gasteiger partial charge in [-0.1, -0.05) is 6.92 Å². The van der Waals surface area contributed by atoms with Gasteiger partial charge in [-0.3, -0.25) is 10.3 Å². The molecule has 1 aromatic rings. The highest BCUT2D eigenvalue weighted by atomic mass is 14.9. The van der Waals surface area contributed by atoms with Crippen LogP contribution in [-0.4, -0.2) is 11.0 Å². The van der Waals surface area contributed by atoms with Gasteiger partial charge in [0.1, 0.15) is 0 Å². The van der Waals surface area contributed by atoms with E-state index < -0.39 is 0 Å². The van der Waals surface area contributed by atoms with E-state index in [0.717, 1.165) is 12.0 Å². The summed E-state index contributed by atoms with van der Waals surface area (Å²) in [5.41, 5.74) is 1.16. The maximum Gasteiger partial charge on any atom is 0.0954 e. The molecule has 74 valence electrons. The number of aromatic nitrogens is 1. The van der Waals surface area contributed by atoms with E-state index in [1.807, 2.05) is 19.1 Å². The number of pyridine rings is 1. The molecular formula is C11H15N3. The largest absolute Gasteiger partial charge is 0.295 e. The minimum absolute atomic E-state index is 0.0711. The van der Waals surface area contributed by atoms with Crippen LogP contribution in [0.15, 0.2) is 24.5 Å². The lowest BCUT2D eigenvalue weighted by molar-refractivity contribution is 0.508. The van der Waals surface area contributed by atoms with Crippen LogP contribution >= 0.6 is 0 Å². The maximum absolute atomic E-state index is 8.80. The zero-order valence-electron chi connectivity index (χ0n) is 8.57. The zero-order chi connectivity index (χ0) is 10.4. The molecule has 0 fully saturated rings. The Kier molecular flexibility index (Phi) is 4.09. The predicted molar refractivity (Wildman–Crippen MR) is 55.5 cm³/mol. The number of nitriles is 1. The molecule has 0 radical (unpaired) electrons. The van der Waals surface area contributed by atoms with Gasteiger partial charge < -0.3 is 0 Å². The van der Waals surface area contributed by atoms with Crippen molar-refractivity contribution in [2.45, 2.75) is 32.4 Å². The quantitative estimate of drug-likeness (QED) is 0.788. The Hall–Kier alpha value is -1.40. The molecule has 0 aliphatic carbocycles. The summed E-state index contributed by atoms with van der Waals surface area (Å²) in [6.07, 6.45) is 4.35. The van der Waals surface area contributed by atoms with Crippen molar-refractivity contribution in [1.29, 1.82) is 5.26 Å². The fraction of sp³-hybridized carbons (Fsp3) is 0.455. The van der Waals surface area contributed by atoms with Gasteiger partial charge in [-0.2, -0.15) is 5.26 Å². The van der Waals surface area contributed by atoms with Gasteiger partial charge in [-0.05, 0) is 31.0 Å². The highest BCUT2D eigenvalue weighted by Crippen LogP contribution is 2.11. The fourth-order valence-corrected chi connectivity index (χ4v) is 1.30. The van der Waals surface area contributed by atoms with Gasteiger partial charge in [0.05, 0.1) is 12.1 Å². The molecule has 1 rings (SSSR count). The van der Waals surface area contributed by atoms with Crippen molar-refractivity contribution in [3.63, 3.8) is 0 Å². The van der Waals surface area contributed by atoms with E-state index in [-0.39, 0.29) is 12.1 Å². The van der Waals surface area contributed by atoms with E-state index in [1.165, 1.54) is 0 Å². The second-order valence-corrected chi connectivity index (χ2v) is 3.26. The van der Waals surface area contributed by atoms with Gasteiger partial charge in [-0.25, -0.2) is 0 Å². The maximum atomic E-state index is 8.80. The Bertz CT molecular complexity index is 302. The third-order valence-electron chi connectivity index (χ3n) is 2.22. The van der Waals surface area contributed by atoms with Crippen molar-refractivity contribution < 1.29 is 0 Å². The molecule has 0 aromatic carbocycles. The Balaban J connectivity index is 2.59. The smallest absolute Gasteiger partial charge is 0.0954 e. The van der Waals surface area contributed by atoms with Crippen LogP contribution in [0, 0.1) is 11.3 Å². The summed E-state index contributed by atoms with van der Waals surface area (Å²) in [6, 6.07) is 6.27. The lowest BCUT2D eigenvalue weighted by Gasteiger charge is -2.16. The van der Waals surface area contributed by atoms with Crippen LogP contribution < -0.4 is 5.32 Å². The standard InChI is InChI=1S/C11H15N3/c1-3-11(8-12)14-9(2)10-4-6-13-7-5-10/h4-7,9,11,14H,3H2,1-2H3/t9-,11?/m1/s1. The first kappa shape index (κ1) is 10.7. The Morgan fingerprint density at radius 2 is 2.14 bits per heavy atom. The van der Waals surface area contributed by atoms with Crippen LogP contribution in [0.3, 0.4) is 0 Å². The molecule has 0 amide bonds. The van der Waals surface area contributed by atoms with Crippen molar-refractivity contribution in [2.75, 3.05) is 0 Å². The lowest BCUT2D eigenvalue weighted by atomic mass is 10.1. The average molecular weight is 189 g/mol.